The zero-order valence-corrected chi connectivity index (χ0v) is 11.6. The molecule has 0 aliphatic carbocycles. The SMILES string of the molecule is CNCCN(C)C(=O)Cc1ccc(Cl)cc1.Cl. The van der Waals surface area contributed by atoms with E-state index in [1.807, 2.05) is 26.2 Å². The lowest BCUT2D eigenvalue weighted by Gasteiger charge is -2.16. The van der Waals surface area contributed by atoms with E-state index in [4.69, 9.17) is 11.6 Å². The van der Waals surface area contributed by atoms with Gasteiger partial charge in [0.05, 0.1) is 6.42 Å². The Morgan fingerprint density at radius 1 is 1.35 bits per heavy atom. The van der Waals surface area contributed by atoms with Gasteiger partial charge in [0.25, 0.3) is 0 Å². The molecule has 0 atom stereocenters. The Morgan fingerprint density at radius 3 is 2.47 bits per heavy atom. The molecule has 1 N–H and O–H groups in total. The predicted octanol–water partition coefficient (Wildman–Crippen LogP) is 1.98. The van der Waals surface area contributed by atoms with Crippen molar-refractivity contribution in [2.45, 2.75) is 6.42 Å². The molecule has 1 aromatic rings. The summed E-state index contributed by atoms with van der Waals surface area (Å²) in [6, 6.07) is 7.37. The van der Waals surface area contributed by atoms with Gasteiger partial charge in [0.1, 0.15) is 0 Å². The van der Waals surface area contributed by atoms with Gasteiger partial charge in [-0.05, 0) is 24.7 Å². The molecular weight excluding hydrogens is 259 g/mol. The number of amides is 1. The van der Waals surface area contributed by atoms with Crippen molar-refractivity contribution >= 4 is 29.9 Å². The molecule has 1 amide bonds. The molecule has 5 heteroatoms. The lowest BCUT2D eigenvalue weighted by Crippen LogP contribution is -2.33. The van der Waals surface area contributed by atoms with Crippen LogP contribution >= 0.6 is 24.0 Å². The van der Waals surface area contributed by atoms with Crippen molar-refractivity contribution in [2.24, 2.45) is 0 Å². The van der Waals surface area contributed by atoms with Crippen LogP contribution in [0.4, 0.5) is 0 Å². The number of rotatable bonds is 5. The molecule has 0 unspecified atom stereocenters. The standard InChI is InChI=1S/C12H17ClN2O.ClH/c1-14-7-8-15(2)12(16)9-10-3-5-11(13)6-4-10;/h3-6,14H,7-9H2,1-2H3;1H. The first-order chi connectivity index (χ1) is 7.63. The molecule has 0 aromatic heterocycles. The maximum absolute atomic E-state index is 11.8. The molecule has 0 aliphatic heterocycles. The van der Waals surface area contributed by atoms with Gasteiger partial charge < -0.3 is 10.2 Å². The Labute approximate surface area is 114 Å². The molecule has 0 spiro atoms. The number of carbonyl (C=O) groups is 1. The first-order valence-corrected chi connectivity index (χ1v) is 5.64. The monoisotopic (exact) mass is 276 g/mol. The number of nitrogens with zero attached hydrogens (tertiary/aromatic N) is 1. The number of benzene rings is 1. The topological polar surface area (TPSA) is 32.3 Å². The van der Waals surface area contributed by atoms with E-state index in [1.165, 1.54) is 0 Å². The fourth-order valence-electron chi connectivity index (χ4n) is 1.32. The second kappa shape index (κ2) is 8.34. The predicted molar refractivity (Wildman–Crippen MR) is 74.0 cm³/mol. The molecule has 17 heavy (non-hydrogen) atoms. The highest BCUT2D eigenvalue weighted by Crippen LogP contribution is 2.10. The van der Waals surface area contributed by atoms with E-state index in [1.54, 1.807) is 17.0 Å². The van der Waals surface area contributed by atoms with Crippen LogP contribution in [0.5, 0.6) is 0 Å². The largest absolute Gasteiger partial charge is 0.344 e. The summed E-state index contributed by atoms with van der Waals surface area (Å²) in [5.74, 6) is 0.123. The van der Waals surface area contributed by atoms with Gasteiger partial charge in [0, 0.05) is 25.2 Å². The van der Waals surface area contributed by atoms with Crippen molar-refractivity contribution in [2.75, 3.05) is 27.2 Å². The molecule has 0 saturated carbocycles. The highest BCUT2D eigenvalue weighted by molar-refractivity contribution is 6.30. The zero-order chi connectivity index (χ0) is 12.0. The van der Waals surface area contributed by atoms with E-state index >= 15 is 0 Å². The Bertz CT molecular complexity index is 341. The van der Waals surface area contributed by atoms with Gasteiger partial charge in [0.15, 0.2) is 0 Å². The van der Waals surface area contributed by atoms with E-state index in [2.05, 4.69) is 5.32 Å². The minimum absolute atomic E-state index is 0. The molecule has 0 fully saturated rings. The average molecular weight is 277 g/mol. The Balaban J connectivity index is 0.00000256. The van der Waals surface area contributed by atoms with E-state index in [0.29, 0.717) is 11.4 Å². The van der Waals surface area contributed by atoms with Crippen LogP contribution in [0.3, 0.4) is 0 Å². The number of hydrogen-bond acceptors (Lipinski definition) is 2. The van der Waals surface area contributed by atoms with Crippen molar-refractivity contribution < 1.29 is 4.79 Å². The number of carbonyl (C=O) groups excluding carboxylic acids is 1. The number of hydrogen-bond donors (Lipinski definition) is 1. The fourth-order valence-corrected chi connectivity index (χ4v) is 1.44. The fraction of sp³-hybridized carbons (Fsp3) is 0.417. The van der Waals surface area contributed by atoms with Crippen LogP contribution in [-0.2, 0) is 11.2 Å². The van der Waals surface area contributed by atoms with Crippen LogP contribution < -0.4 is 5.32 Å². The number of nitrogens with one attached hydrogen (secondary N) is 1. The van der Waals surface area contributed by atoms with Crippen molar-refractivity contribution in [3.05, 3.63) is 34.9 Å². The van der Waals surface area contributed by atoms with Gasteiger partial charge >= 0.3 is 0 Å². The molecule has 1 aromatic carbocycles. The summed E-state index contributed by atoms with van der Waals surface area (Å²) in [5, 5.41) is 3.71. The van der Waals surface area contributed by atoms with Crippen molar-refractivity contribution in [1.82, 2.24) is 10.2 Å². The van der Waals surface area contributed by atoms with Gasteiger partial charge in [-0.1, -0.05) is 23.7 Å². The van der Waals surface area contributed by atoms with Gasteiger partial charge in [-0.3, -0.25) is 4.79 Å². The molecular formula is C12H18Cl2N2O. The zero-order valence-electron chi connectivity index (χ0n) is 10.1. The third kappa shape index (κ3) is 5.91. The van der Waals surface area contributed by atoms with Crippen LogP contribution in [-0.4, -0.2) is 38.0 Å². The summed E-state index contributed by atoms with van der Waals surface area (Å²) in [5.41, 5.74) is 0.991. The van der Waals surface area contributed by atoms with Gasteiger partial charge in [-0.2, -0.15) is 0 Å². The molecule has 0 heterocycles. The van der Waals surface area contributed by atoms with Gasteiger partial charge in [-0.15, -0.1) is 12.4 Å². The van der Waals surface area contributed by atoms with Crippen LogP contribution in [0, 0.1) is 0 Å². The van der Waals surface area contributed by atoms with Gasteiger partial charge in [-0.25, -0.2) is 0 Å². The average Bonchev–Trinajstić information content (AvgIpc) is 2.29. The van der Waals surface area contributed by atoms with Crippen molar-refractivity contribution in [3.63, 3.8) is 0 Å². The minimum Gasteiger partial charge on any atom is -0.344 e. The summed E-state index contributed by atoms with van der Waals surface area (Å²) in [4.78, 5) is 13.5. The second-order valence-electron chi connectivity index (χ2n) is 3.72. The van der Waals surface area contributed by atoms with E-state index < -0.39 is 0 Å². The quantitative estimate of drug-likeness (QED) is 0.892. The number of halogens is 2. The summed E-state index contributed by atoms with van der Waals surface area (Å²) >= 11 is 5.78. The van der Waals surface area contributed by atoms with E-state index in [0.717, 1.165) is 18.7 Å². The Hall–Kier alpha value is -0.770. The summed E-state index contributed by atoms with van der Waals surface area (Å²) in [7, 11) is 3.69. The van der Waals surface area contributed by atoms with Crippen LogP contribution in [0.1, 0.15) is 5.56 Å². The highest BCUT2D eigenvalue weighted by atomic mass is 35.5. The first kappa shape index (κ1) is 16.2. The van der Waals surface area contributed by atoms with Crippen LogP contribution in [0.2, 0.25) is 5.02 Å². The normalized spacial score (nSPS) is 9.59. The lowest BCUT2D eigenvalue weighted by atomic mass is 10.1. The molecule has 0 bridgehead atoms. The summed E-state index contributed by atoms with van der Waals surface area (Å²) in [6.45, 7) is 1.53. The molecule has 0 aliphatic rings. The molecule has 3 nitrogen and oxygen atoms in total. The summed E-state index contributed by atoms with van der Waals surface area (Å²) < 4.78 is 0. The third-order valence-corrected chi connectivity index (χ3v) is 2.64. The lowest BCUT2D eigenvalue weighted by molar-refractivity contribution is -0.129. The van der Waals surface area contributed by atoms with E-state index in [-0.39, 0.29) is 18.3 Å². The minimum atomic E-state index is 0. The molecule has 0 saturated heterocycles. The molecule has 1 rings (SSSR count). The number of likely N-dealkylation sites (N-methyl/N-ethyl adjacent to an activating group) is 2. The second-order valence-corrected chi connectivity index (χ2v) is 4.16. The Kier molecular flexibility index (Phi) is 7.96. The van der Waals surface area contributed by atoms with E-state index in [9.17, 15) is 4.79 Å². The summed E-state index contributed by atoms with van der Waals surface area (Å²) in [6.07, 6.45) is 0.428. The highest BCUT2D eigenvalue weighted by Gasteiger charge is 2.08. The van der Waals surface area contributed by atoms with Crippen molar-refractivity contribution in [3.8, 4) is 0 Å². The first-order valence-electron chi connectivity index (χ1n) is 5.26. The molecule has 0 radical (unpaired) electrons. The van der Waals surface area contributed by atoms with Crippen LogP contribution in [0.25, 0.3) is 0 Å². The van der Waals surface area contributed by atoms with Crippen molar-refractivity contribution in [1.29, 1.82) is 0 Å². The third-order valence-electron chi connectivity index (χ3n) is 2.39. The smallest absolute Gasteiger partial charge is 0.226 e. The van der Waals surface area contributed by atoms with Gasteiger partial charge in [0.2, 0.25) is 5.91 Å². The molecule has 96 valence electrons. The van der Waals surface area contributed by atoms with Crippen LogP contribution in [0.15, 0.2) is 24.3 Å². The Morgan fingerprint density at radius 2 is 1.94 bits per heavy atom. The maximum Gasteiger partial charge on any atom is 0.226 e. The maximum atomic E-state index is 11.8.